The average molecular weight is 536 g/mol. The van der Waals surface area contributed by atoms with Gasteiger partial charge in [-0.05, 0) is 77.6 Å². The van der Waals surface area contributed by atoms with E-state index in [9.17, 15) is 9.59 Å². The molecule has 0 bridgehead atoms. The molecular formula is C33H37N5O2. The number of likely N-dealkylation sites (tertiary alicyclic amines) is 1. The Hall–Kier alpha value is -4.26. The summed E-state index contributed by atoms with van der Waals surface area (Å²) in [5.74, 6) is 0.228. The number of nitrogens with one attached hydrogen (secondary N) is 2. The Bertz CT molecular complexity index is 1550. The monoisotopic (exact) mass is 535 g/mol. The number of hydrogen-bond donors (Lipinski definition) is 2. The van der Waals surface area contributed by atoms with Crippen molar-refractivity contribution in [1.29, 1.82) is 0 Å². The summed E-state index contributed by atoms with van der Waals surface area (Å²) in [5, 5.41) is 4.10. The number of nitrogens with zero attached hydrogens (tertiary/aromatic N) is 3. The lowest BCUT2D eigenvalue weighted by Crippen LogP contribution is -2.36. The van der Waals surface area contributed by atoms with Gasteiger partial charge in [-0.2, -0.15) is 0 Å². The fourth-order valence-corrected chi connectivity index (χ4v) is 5.51. The maximum atomic E-state index is 12.8. The van der Waals surface area contributed by atoms with Crippen molar-refractivity contribution in [1.82, 2.24) is 25.2 Å². The molecule has 0 atom stereocenters. The summed E-state index contributed by atoms with van der Waals surface area (Å²) in [7, 11) is 0. The average Bonchev–Trinajstić information content (AvgIpc) is 3.40. The van der Waals surface area contributed by atoms with E-state index in [4.69, 9.17) is 4.98 Å². The summed E-state index contributed by atoms with van der Waals surface area (Å²) in [4.78, 5) is 39.2. The molecule has 0 unspecified atom stereocenters. The lowest BCUT2D eigenvalue weighted by atomic mass is 9.87. The number of aryl methyl sites for hydroxylation is 1. The Morgan fingerprint density at radius 3 is 2.48 bits per heavy atom. The van der Waals surface area contributed by atoms with Crippen LogP contribution in [0.5, 0.6) is 0 Å². The molecular weight excluding hydrogens is 498 g/mol. The number of carbonyl (C=O) groups is 2. The van der Waals surface area contributed by atoms with Gasteiger partial charge in [0, 0.05) is 42.3 Å². The molecule has 4 aromatic rings. The third kappa shape index (κ3) is 5.55. The molecule has 1 aliphatic rings. The highest BCUT2D eigenvalue weighted by Crippen LogP contribution is 2.37. The second-order valence-corrected chi connectivity index (χ2v) is 11.6. The molecule has 7 heteroatoms. The maximum absolute atomic E-state index is 12.8. The van der Waals surface area contributed by atoms with E-state index >= 15 is 0 Å². The molecule has 0 saturated carbocycles. The molecule has 2 amide bonds. The van der Waals surface area contributed by atoms with Crippen molar-refractivity contribution in [3.63, 3.8) is 0 Å². The minimum atomic E-state index is -0.0840. The van der Waals surface area contributed by atoms with Gasteiger partial charge in [-0.1, -0.05) is 51.6 Å². The van der Waals surface area contributed by atoms with Crippen LogP contribution < -0.4 is 5.32 Å². The molecule has 40 heavy (non-hydrogen) atoms. The quantitative estimate of drug-likeness (QED) is 0.294. The van der Waals surface area contributed by atoms with Gasteiger partial charge < -0.3 is 15.2 Å². The molecule has 2 aromatic heterocycles. The molecule has 0 radical (unpaired) electrons. The Kier molecular flexibility index (Phi) is 7.57. The highest BCUT2D eigenvalue weighted by atomic mass is 16.2. The third-order valence-corrected chi connectivity index (χ3v) is 7.99. The van der Waals surface area contributed by atoms with Gasteiger partial charge in [-0.25, -0.2) is 9.97 Å². The number of hydrogen-bond acceptors (Lipinski definition) is 4. The number of fused-ring (bicyclic) bond motifs is 1. The topological polar surface area (TPSA) is 91.0 Å². The smallest absolute Gasteiger partial charge is 0.251 e. The van der Waals surface area contributed by atoms with Gasteiger partial charge >= 0.3 is 0 Å². The zero-order valence-corrected chi connectivity index (χ0v) is 23.8. The largest absolute Gasteiger partial charge is 0.348 e. The lowest BCUT2D eigenvalue weighted by molar-refractivity contribution is -0.127. The van der Waals surface area contributed by atoms with Crippen molar-refractivity contribution in [3.8, 4) is 11.3 Å². The first-order valence-electron chi connectivity index (χ1n) is 13.9. The van der Waals surface area contributed by atoms with Crippen molar-refractivity contribution in [2.45, 2.75) is 58.4 Å². The van der Waals surface area contributed by atoms with Gasteiger partial charge in [0.25, 0.3) is 5.91 Å². The Labute approximate surface area is 235 Å². The predicted octanol–water partition coefficient (Wildman–Crippen LogP) is 6.05. The number of H-pyrrole nitrogens is 1. The van der Waals surface area contributed by atoms with Gasteiger partial charge in [0.2, 0.25) is 5.91 Å². The van der Waals surface area contributed by atoms with Crippen molar-refractivity contribution >= 4 is 22.8 Å². The minimum Gasteiger partial charge on any atom is -0.348 e. The van der Waals surface area contributed by atoms with E-state index in [2.05, 4.69) is 67.8 Å². The van der Waals surface area contributed by atoms with Crippen LogP contribution in [0.1, 0.15) is 72.1 Å². The fourth-order valence-electron chi connectivity index (χ4n) is 5.51. The summed E-state index contributed by atoms with van der Waals surface area (Å²) < 4.78 is 0. The molecule has 206 valence electrons. The highest BCUT2D eigenvalue weighted by Gasteiger charge is 2.26. The number of benzene rings is 2. The van der Waals surface area contributed by atoms with E-state index < -0.39 is 0 Å². The molecule has 0 spiro atoms. The SMILES string of the molecule is C=CC(=O)N1CCC(c2c[nH]c3ncnc(-c4ccc(CNC(=O)c5ccc(C(C)(C)C)cc5)c(C)c4)c23)CC1. The Morgan fingerprint density at radius 2 is 1.82 bits per heavy atom. The normalized spacial score (nSPS) is 14.3. The molecule has 1 saturated heterocycles. The second kappa shape index (κ2) is 11.1. The minimum absolute atomic E-state index is 0.00778. The van der Waals surface area contributed by atoms with Gasteiger partial charge in [-0.15, -0.1) is 0 Å². The molecule has 0 aliphatic carbocycles. The van der Waals surface area contributed by atoms with Gasteiger partial charge in [0.15, 0.2) is 0 Å². The van der Waals surface area contributed by atoms with Crippen LogP contribution in [0.3, 0.4) is 0 Å². The van der Waals surface area contributed by atoms with Gasteiger partial charge in [0.05, 0.1) is 5.69 Å². The number of amides is 2. The molecule has 7 nitrogen and oxygen atoms in total. The molecule has 2 aromatic carbocycles. The summed E-state index contributed by atoms with van der Waals surface area (Å²) >= 11 is 0. The van der Waals surface area contributed by atoms with Crippen LogP contribution in [-0.4, -0.2) is 44.8 Å². The maximum Gasteiger partial charge on any atom is 0.251 e. The molecule has 3 heterocycles. The van der Waals surface area contributed by atoms with Crippen LogP contribution in [0.2, 0.25) is 0 Å². The molecule has 1 fully saturated rings. The van der Waals surface area contributed by atoms with E-state index in [0.29, 0.717) is 31.1 Å². The Morgan fingerprint density at radius 1 is 1.10 bits per heavy atom. The van der Waals surface area contributed by atoms with Gasteiger partial charge in [-0.3, -0.25) is 9.59 Å². The number of aromatic amines is 1. The number of rotatable bonds is 6. The van der Waals surface area contributed by atoms with E-state index in [1.807, 2.05) is 35.4 Å². The Balaban J connectivity index is 1.33. The zero-order chi connectivity index (χ0) is 28.4. The highest BCUT2D eigenvalue weighted by molar-refractivity contribution is 5.95. The lowest BCUT2D eigenvalue weighted by Gasteiger charge is -2.31. The van der Waals surface area contributed by atoms with Crippen molar-refractivity contribution < 1.29 is 9.59 Å². The zero-order valence-electron chi connectivity index (χ0n) is 23.8. The summed E-state index contributed by atoms with van der Waals surface area (Å²) in [6.45, 7) is 14.0. The number of carbonyl (C=O) groups excluding carboxylic acids is 2. The van der Waals surface area contributed by atoms with Crippen LogP contribution in [0, 0.1) is 6.92 Å². The first kappa shape index (κ1) is 27.3. The fraction of sp³-hybridized carbons (Fsp3) is 0.333. The second-order valence-electron chi connectivity index (χ2n) is 11.6. The standard InChI is InChI=1S/C33H37N5O2/c1-6-28(39)38-15-13-22(14-16-38)27-19-34-31-29(27)30(36-20-37-31)24-7-8-25(21(2)17-24)18-35-32(40)23-9-11-26(12-10-23)33(3,4)5/h6-12,17,19-20,22H,1,13-16,18H2,2-5H3,(H,35,40)(H,34,36,37). The molecule has 5 rings (SSSR count). The van der Waals surface area contributed by atoms with Crippen molar-refractivity contribution in [2.24, 2.45) is 0 Å². The number of aromatic nitrogens is 3. The van der Waals surface area contributed by atoms with Crippen LogP contribution in [0.4, 0.5) is 0 Å². The summed E-state index contributed by atoms with van der Waals surface area (Å²) in [5.41, 5.74) is 7.97. The summed E-state index contributed by atoms with van der Waals surface area (Å²) in [6.07, 6.45) is 6.80. The third-order valence-electron chi connectivity index (χ3n) is 7.99. The van der Waals surface area contributed by atoms with Crippen LogP contribution in [-0.2, 0) is 16.8 Å². The van der Waals surface area contributed by atoms with Crippen LogP contribution >= 0.6 is 0 Å². The van der Waals surface area contributed by atoms with Crippen LogP contribution in [0.25, 0.3) is 22.3 Å². The molecule has 1 aliphatic heterocycles. The van der Waals surface area contributed by atoms with E-state index in [1.54, 1.807) is 6.33 Å². The van der Waals surface area contributed by atoms with Crippen LogP contribution in [0.15, 0.2) is 67.6 Å². The van der Waals surface area contributed by atoms with E-state index in [1.165, 1.54) is 17.2 Å². The van der Waals surface area contributed by atoms with Gasteiger partial charge in [0.1, 0.15) is 12.0 Å². The number of piperidine rings is 1. The van der Waals surface area contributed by atoms with Crippen molar-refractivity contribution in [3.05, 3.63) is 95.5 Å². The predicted molar refractivity (Wildman–Crippen MR) is 159 cm³/mol. The molecule has 2 N–H and O–H groups in total. The van der Waals surface area contributed by atoms with Crippen molar-refractivity contribution in [2.75, 3.05) is 13.1 Å². The first-order chi connectivity index (χ1) is 19.2. The van der Waals surface area contributed by atoms with E-state index in [-0.39, 0.29) is 17.2 Å². The summed E-state index contributed by atoms with van der Waals surface area (Å²) in [6, 6.07) is 14.1. The first-order valence-corrected chi connectivity index (χ1v) is 13.9. The van der Waals surface area contributed by atoms with E-state index in [0.717, 1.165) is 46.3 Å².